The van der Waals surface area contributed by atoms with Gasteiger partial charge < -0.3 is 19.7 Å². The fourth-order valence-corrected chi connectivity index (χ4v) is 2.59. The van der Waals surface area contributed by atoms with Crippen LogP contribution in [0.4, 0.5) is 11.4 Å². The average molecular weight is 370 g/mol. The van der Waals surface area contributed by atoms with Gasteiger partial charge in [0.1, 0.15) is 0 Å². The maximum absolute atomic E-state index is 12.6. The number of benzene rings is 2. The van der Waals surface area contributed by atoms with Crippen LogP contribution in [-0.4, -0.2) is 45.2 Å². The second kappa shape index (κ2) is 9.38. The molecule has 0 aliphatic carbocycles. The summed E-state index contributed by atoms with van der Waals surface area (Å²) in [6.45, 7) is 2.40. The van der Waals surface area contributed by atoms with Crippen LogP contribution in [-0.2, 0) is 14.3 Å². The van der Waals surface area contributed by atoms with Crippen molar-refractivity contribution in [2.75, 3.05) is 37.5 Å². The molecule has 0 radical (unpaired) electrons. The first-order chi connectivity index (χ1) is 13.0. The molecule has 0 unspecified atom stereocenters. The van der Waals surface area contributed by atoms with Crippen molar-refractivity contribution < 1.29 is 23.9 Å². The third kappa shape index (κ3) is 5.07. The molecule has 0 fully saturated rings. The van der Waals surface area contributed by atoms with E-state index in [0.717, 1.165) is 5.69 Å². The number of amides is 1. The lowest BCUT2D eigenvalue weighted by atomic mass is 10.1. The molecule has 1 amide bonds. The molecule has 0 bridgehead atoms. The summed E-state index contributed by atoms with van der Waals surface area (Å²) in [5, 5.41) is 2.96. The highest BCUT2D eigenvalue weighted by Crippen LogP contribution is 2.18. The van der Waals surface area contributed by atoms with Crippen LogP contribution in [0.1, 0.15) is 27.6 Å². The van der Waals surface area contributed by atoms with Crippen molar-refractivity contribution in [3.8, 4) is 0 Å². The Labute approximate surface area is 157 Å². The van der Waals surface area contributed by atoms with Gasteiger partial charge >= 0.3 is 11.9 Å². The fourth-order valence-electron chi connectivity index (χ4n) is 2.59. The molecule has 0 aromatic heterocycles. The second-order valence-electron chi connectivity index (χ2n) is 5.61. The first-order valence-corrected chi connectivity index (χ1v) is 8.41. The minimum absolute atomic E-state index is 0.00598. The Morgan fingerprint density at radius 1 is 0.926 bits per heavy atom. The number of nitrogens with zero attached hydrogens (tertiary/aromatic N) is 1. The molecule has 7 heteroatoms. The fraction of sp³-hybridized carbons (Fsp3) is 0.250. The van der Waals surface area contributed by atoms with Crippen LogP contribution in [0.3, 0.4) is 0 Å². The number of likely N-dealkylation sites (N-methyl/N-ethyl adjacent to an activating group) is 1. The van der Waals surface area contributed by atoms with Crippen LogP contribution in [0.15, 0.2) is 48.5 Å². The number of esters is 2. The van der Waals surface area contributed by atoms with Crippen molar-refractivity contribution in [2.45, 2.75) is 6.92 Å². The maximum Gasteiger partial charge on any atom is 0.337 e. The maximum atomic E-state index is 12.6. The standard InChI is InChI=1S/C20H22N2O5/c1-4-22(17-8-6-5-7-9-17)18(23)13-21-16-11-14(19(24)26-2)10-15(12-16)20(25)27-3/h5-12,21H,4,13H2,1-3H3. The summed E-state index contributed by atoms with van der Waals surface area (Å²) in [6.07, 6.45) is 0. The Balaban J connectivity index is 2.19. The van der Waals surface area contributed by atoms with Crippen molar-refractivity contribution >= 4 is 29.2 Å². The molecular formula is C20H22N2O5. The lowest BCUT2D eigenvalue weighted by molar-refractivity contribution is -0.116. The van der Waals surface area contributed by atoms with Crippen molar-refractivity contribution in [1.29, 1.82) is 0 Å². The molecular weight excluding hydrogens is 348 g/mol. The van der Waals surface area contributed by atoms with Crippen molar-refractivity contribution in [3.63, 3.8) is 0 Å². The normalized spacial score (nSPS) is 10.0. The van der Waals surface area contributed by atoms with E-state index in [0.29, 0.717) is 12.2 Å². The van der Waals surface area contributed by atoms with Crippen LogP contribution in [0.5, 0.6) is 0 Å². The summed E-state index contributed by atoms with van der Waals surface area (Å²) >= 11 is 0. The molecule has 0 saturated heterocycles. The summed E-state index contributed by atoms with van der Waals surface area (Å²) in [5.41, 5.74) is 1.61. The molecule has 0 saturated carbocycles. The van der Waals surface area contributed by atoms with Gasteiger partial charge in [-0.05, 0) is 37.3 Å². The molecule has 142 valence electrons. The predicted octanol–water partition coefficient (Wildman–Crippen LogP) is 2.72. The minimum Gasteiger partial charge on any atom is -0.465 e. The minimum atomic E-state index is -0.588. The molecule has 2 aromatic rings. The van der Waals surface area contributed by atoms with Gasteiger partial charge in [-0.15, -0.1) is 0 Å². The van der Waals surface area contributed by atoms with Crippen molar-refractivity contribution in [2.24, 2.45) is 0 Å². The average Bonchev–Trinajstić information content (AvgIpc) is 2.72. The zero-order valence-corrected chi connectivity index (χ0v) is 15.5. The lowest BCUT2D eigenvalue weighted by Crippen LogP contribution is -2.35. The van der Waals surface area contributed by atoms with Gasteiger partial charge in [0.2, 0.25) is 5.91 Å². The summed E-state index contributed by atoms with van der Waals surface area (Å²) < 4.78 is 9.41. The number of hydrogen-bond acceptors (Lipinski definition) is 6. The van der Waals surface area contributed by atoms with Crippen LogP contribution in [0.2, 0.25) is 0 Å². The number of ether oxygens (including phenoxy) is 2. The highest BCUT2D eigenvalue weighted by atomic mass is 16.5. The van der Waals surface area contributed by atoms with Crippen LogP contribution in [0.25, 0.3) is 0 Å². The number of rotatable bonds is 7. The Bertz CT molecular complexity index is 786. The Morgan fingerprint density at radius 3 is 1.96 bits per heavy atom. The lowest BCUT2D eigenvalue weighted by Gasteiger charge is -2.21. The molecule has 2 rings (SSSR count). The van der Waals surface area contributed by atoms with E-state index in [2.05, 4.69) is 5.32 Å². The number of anilines is 2. The van der Waals surface area contributed by atoms with Gasteiger partial charge in [0.15, 0.2) is 0 Å². The van der Waals surface area contributed by atoms with E-state index in [1.165, 1.54) is 32.4 Å². The molecule has 0 spiro atoms. The summed E-state index contributed by atoms with van der Waals surface area (Å²) in [6, 6.07) is 13.7. The SMILES string of the molecule is CCN(C(=O)CNc1cc(C(=O)OC)cc(C(=O)OC)c1)c1ccccc1. The number of nitrogens with one attached hydrogen (secondary N) is 1. The molecule has 0 aliphatic rings. The monoisotopic (exact) mass is 370 g/mol. The molecule has 27 heavy (non-hydrogen) atoms. The van der Waals surface area contributed by atoms with Gasteiger partial charge in [-0.2, -0.15) is 0 Å². The van der Waals surface area contributed by atoms with E-state index in [1.54, 1.807) is 4.90 Å². The van der Waals surface area contributed by atoms with Crippen LogP contribution < -0.4 is 10.2 Å². The smallest absolute Gasteiger partial charge is 0.337 e. The first-order valence-electron chi connectivity index (χ1n) is 8.41. The van der Waals surface area contributed by atoms with Gasteiger partial charge in [-0.1, -0.05) is 18.2 Å². The summed E-state index contributed by atoms with van der Waals surface area (Å²) in [5.74, 6) is -1.32. The van der Waals surface area contributed by atoms with E-state index in [4.69, 9.17) is 9.47 Å². The Morgan fingerprint density at radius 2 is 1.48 bits per heavy atom. The van der Waals surface area contributed by atoms with Gasteiger partial charge in [0.25, 0.3) is 0 Å². The van der Waals surface area contributed by atoms with E-state index in [-0.39, 0.29) is 23.6 Å². The third-order valence-electron chi connectivity index (χ3n) is 3.90. The van der Waals surface area contributed by atoms with Gasteiger partial charge in [0, 0.05) is 17.9 Å². The number of carbonyl (C=O) groups excluding carboxylic acids is 3. The molecule has 1 N–H and O–H groups in total. The number of para-hydroxylation sites is 1. The number of hydrogen-bond donors (Lipinski definition) is 1. The quantitative estimate of drug-likeness (QED) is 0.755. The van der Waals surface area contributed by atoms with E-state index >= 15 is 0 Å². The molecule has 0 heterocycles. The number of carbonyl (C=O) groups is 3. The summed E-state index contributed by atoms with van der Waals surface area (Å²) in [4.78, 5) is 37.9. The third-order valence-corrected chi connectivity index (χ3v) is 3.90. The zero-order valence-electron chi connectivity index (χ0n) is 15.5. The molecule has 0 aliphatic heterocycles. The van der Waals surface area contributed by atoms with Crippen molar-refractivity contribution in [3.05, 3.63) is 59.7 Å². The van der Waals surface area contributed by atoms with E-state index in [1.807, 2.05) is 37.3 Å². The first kappa shape index (κ1) is 20.0. The Hall–Kier alpha value is -3.35. The van der Waals surface area contributed by atoms with Gasteiger partial charge in [-0.3, -0.25) is 4.79 Å². The highest BCUT2D eigenvalue weighted by molar-refractivity contribution is 5.98. The number of methoxy groups -OCH3 is 2. The highest BCUT2D eigenvalue weighted by Gasteiger charge is 2.16. The van der Waals surface area contributed by atoms with E-state index < -0.39 is 11.9 Å². The second-order valence-corrected chi connectivity index (χ2v) is 5.61. The van der Waals surface area contributed by atoms with E-state index in [9.17, 15) is 14.4 Å². The van der Waals surface area contributed by atoms with Crippen LogP contribution in [0, 0.1) is 0 Å². The molecule has 2 aromatic carbocycles. The summed E-state index contributed by atoms with van der Waals surface area (Å²) in [7, 11) is 2.51. The van der Waals surface area contributed by atoms with Gasteiger partial charge in [0.05, 0.1) is 31.9 Å². The van der Waals surface area contributed by atoms with Crippen LogP contribution >= 0.6 is 0 Å². The zero-order chi connectivity index (χ0) is 19.8. The van der Waals surface area contributed by atoms with Gasteiger partial charge in [-0.25, -0.2) is 9.59 Å². The predicted molar refractivity (Wildman–Crippen MR) is 102 cm³/mol. The molecule has 7 nitrogen and oxygen atoms in total. The van der Waals surface area contributed by atoms with Crippen molar-refractivity contribution in [1.82, 2.24) is 0 Å². The topological polar surface area (TPSA) is 84.9 Å². The largest absolute Gasteiger partial charge is 0.465 e. The molecule has 0 atom stereocenters. The Kier molecular flexibility index (Phi) is 6.93.